The molecule has 0 radical (unpaired) electrons. The Balaban J connectivity index is 2.21. The predicted molar refractivity (Wildman–Crippen MR) is 81.2 cm³/mol. The van der Waals surface area contributed by atoms with E-state index in [0.717, 1.165) is 24.8 Å². The highest BCUT2D eigenvalue weighted by atomic mass is 35.5. The van der Waals surface area contributed by atoms with Gasteiger partial charge in [-0.05, 0) is 50.6 Å². The number of benzene rings is 1. The Kier molecular flexibility index (Phi) is 5.00. The maximum atomic E-state index is 11.2. The Hall–Kier alpha value is -1.13. The van der Waals surface area contributed by atoms with Crippen LogP contribution in [-0.4, -0.2) is 18.0 Å². The van der Waals surface area contributed by atoms with Crippen LogP contribution in [-0.2, 0) is 6.42 Å². The first-order valence-electron chi connectivity index (χ1n) is 7.11. The van der Waals surface area contributed by atoms with Crippen LogP contribution in [0.25, 0.3) is 0 Å². The van der Waals surface area contributed by atoms with Gasteiger partial charge in [-0.1, -0.05) is 24.6 Å². The molecule has 5 heteroatoms. The van der Waals surface area contributed by atoms with Crippen LogP contribution in [0, 0.1) is 22.0 Å². The molecular formula is C15H21ClN2O2. The number of hydrogen-bond donors (Lipinski definition) is 1. The molecule has 0 saturated heterocycles. The normalized spacial score (nSPS) is 26.4. The van der Waals surface area contributed by atoms with Gasteiger partial charge in [-0.25, -0.2) is 0 Å². The molecule has 1 N–H and O–H groups in total. The molecular weight excluding hydrogens is 276 g/mol. The van der Waals surface area contributed by atoms with Crippen molar-refractivity contribution in [1.82, 2.24) is 5.32 Å². The number of rotatable bonds is 4. The molecule has 1 saturated carbocycles. The van der Waals surface area contributed by atoms with Gasteiger partial charge in [0.1, 0.15) is 0 Å². The van der Waals surface area contributed by atoms with Crippen molar-refractivity contribution >= 4 is 17.3 Å². The van der Waals surface area contributed by atoms with Crippen LogP contribution in [0.2, 0.25) is 5.02 Å². The molecule has 0 bridgehead atoms. The topological polar surface area (TPSA) is 55.2 Å². The van der Waals surface area contributed by atoms with Crippen LogP contribution < -0.4 is 5.32 Å². The first-order chi connectivity index (χ1) is 9.51. The number of nitro groups is 1. The molecule has 2 rings (SSSR count). The summed E-state index contributed by atoms with van der Waals surface area (Å²) >= 11 is 5.87. The second-order valence-corrected chi connectivity index (χ2v) is 6.24. The van der Waals surface area contributed by atoms with Crippen molar-refractivity contribution in [2.45, 2.75) is 38.6 Å². The van der Waals surface area contributed by atoms with Crippen LogP contribution in [0.3, 0.4) is 0 Å². The van der Waals surface area contributed by atoms with E-state index in [9.17, 15) is 10.1 Å². The summed E-state index contributed by atoms with van der Waals surface area (Å²) in [6, 6.07) is 5.44. The van der Waals surface area contributed by atoms with Crippen LogP contribution in [0.4, 0.5) is 5.69 Å². The lowest BCUT2D eigenvalue weighted by atomic mass is 9.76. The quantitative estimate of drug-likeness (QED) is 0.679. The molecule has 3 unspecified atom stereocenters. The van der Waals surface area contributed by atoms with Crippen molar-refractivity contribution in [1.29, 1.82) is 0 Å². The lowest BCUT2D eigenvalue weighted by Crippen LogP contribution is -2.39. The summed E-state index contributed by atoms with van der Waals surface area (Å²) < 4.78 is 0. The fourth-order valence-electron chi connectivity index (χ4n) is 3.27. The third kappa shape index (κ3) is 3.49. The van der Waals surface area contributed by atoms with Gasteiger partial charge in [0.2, 0.25) is 0 Å². The van der Waals surface area contributed by atoms with Crippen molar-refractivity contribution in [2.75, 3.05) is 7.05 Å². The third-order valence-electron chi connectivity index (χ3n) is 4.34. The molecule has 1 aliphatic carbocycles. The summed E-state index contributed by atoms with van der Waals surface area (Å²) in [5.74, 6) is 1.14. The van der Waals surface area contributed by atoms with Crippen LogP contribution in [0.5, 0.6) is 0 Å². The lowest BCUT2D eigenvalue weighted by molar-refractivity contribution is -0.385. The summed E-state index contributed by atoms with van der Waals surface area (Å²) in [4.78, 5) is 10.8. The van der Waals surface area contributed by atoms with Crippen molar-refractivity contribution in [3.8, 4) is 0 Å². The van der Waals surface area contributed by atoms with Gasteiger partial charge in [-0.3, -0.25) is 10.1 Å². The SMILES string of the molecule is CNC1CCC(C)CC1Cc1ccc(Cl)cc1[N+](=O)[O-]. The van der Waals surface area contributed by atoms with Gasteiger partial charge in [0.25, 0.3) is 5.69 Å². The van der Waals surface area contributed by atoms with Crippen LogP contribution in [0.1, 0.15) is 31.7 Å². The number of nitrogens with one attached hydrogen (secondary N) is 1. The first kappa shape index (κ1) is 15.3. The Bertz CT molecular complexity index is 493. The van der Waals surface area contributed by atoms with E-state index in [2.05, 4.69) is 12.2 Å². The highest BCUT2D eigenvalue weighted by molar-refractivity contribution is 6.30. The molecule has 0 amide bonds. The molecule has 0 heterocycles. The molecule has 3 atom stereocenters. The van der Waals surface area contributed by atoms with Crippen LogP contribution >= 0.6 is 11.6 Å². The predicted octanol–water partition coefficient (Wildman–Crippen LogP) is 3.81. The van der Waals surface area contributed by atoms with E-state index in [0.29, 0.717) is 22.9 Å². The number of halogens is 1. The summed E-state index contributed by atoms with van der Waals surface area (Å²) in [6.45, 7) is 2.26. The molecule has 1 aromatic carbocycles. The lowest BCUT2D eigenvalue weighted by Gasteiger charge is -2.34. The monoisotopic (exact) mass is 296 g/mol. The molecule has 1 fully saturated rings. The number of hydrogen-bond acceptors (Lipinski definition) is 3. The minimum atomic E-state index is -0.331. The van der Waals surface area contributed by atoms with Gasteiger partial charge < -0.3 is 5.32 Å². The minimum Gasteiger partial charge on any atom is -0.317 e. The second-order valence-electron chi connectivity index (χ2n) is 5.81. The zero-order chi connectivity index (χ0) is 14.7. The Morgan fingerprint density at radius 2 is 2.20 bits per heavy atom. The summed E-state index contributed by atoms with van der Waals surface area (Å²) in [7, 11) is 1.98. The Morgan fingerprint density at radius 1 is 1.45 bits per heavy atom. The summed E-state index contributed by atoms with van der Waals surface area (Å²) in [5.41, 5.74) is 0.935. The van der Waals surface area contributed by atoms with E-state index in [1.807, 2.05) is 7.05 Å². The van der Waals surface area contributed by atoms with E-state index >= 15 is 0 Å². The molecule has 0 spiro atoms. The zero-order valence-corrected chi connectivity index (χ0v) is 12.7. The van der Waals surface area contributed by atoms with E-state index < -0.39 is 0 Å². The first-order valence-corrected chi connectivity index (χ1v) is 7.49. The van der Waals surface area contributed by atoms with Crippen molar-refractivity contribution in [2.24, 2.45) is 11.8 Å². The van der Waals surface area contributed by atoms with E-state index in [-0.39, 0.29) is 10.6 Å². The highest BCUT2D eigenvalue weighted by Gasteiger charge is 2.29. The average Bonchev–Trinajstić information content (AvgIpc) is 2.41. The van der Waals surface area contributed by atoms with Crippen LogP contribution in [0.15, 0.2) is 18.2 Å². The maximum Gasteiger partial charge on any atom is 0.274 e. The van der Waals surface area contributed by atoms with Crippen molar-refractivity contribution in [3.63, 3.8) is 0 Å². The van der Waals surface area contributed by atoms with E-state index in [1.54, 1.807) is 12.1 Å². The minimum absolute atomic E-state index is 0.144. The molecule has 20 heavy (non-hydrogen) atoms. The fourth-order valence-corrected chi connectivity index (χ4v) is 3.43. The van der Waals surface area contributed by atoms with Crippen molar-refractivity contribution in [3.05, 3.63) is 38.9 Å². The van der Waals surface area contributed by atoms with Gasteiger partial charge in [0.15, 0.2) is 0 Å². The molecule has 110 valence electrons. The second kappa shape index (κ2) is 6.55. The zero-order valence-electron chi connectivity index (χ0n) is 11.9. The smallest absolute Gasteiger partial charge is 0.274 e. The van der Waals surface area contributed by atoms with Gasteiger partial charge in [-0.2, -0.15) is 0 Å². The molecule has 1 aromatic rings. The fraction of sp³-hybridized carbons (Fsp3) is 0.600. The Labute approximate surface area is 124 Å². The average molecular weight is 297 g/mol. The van der Waals surface area contributed by atoms with Gasteiger partial charge in [0.05, 0.1) is 4.92 Å². The number of nitrogens with zero attached hydrogens (tertiary/aromatic N) is 1. The van der Waals surface area contributed by atoms with E-state index in [1.165, 1.54) is 12.5 Å². The van der Waals surface area contributed by atoms with E-state index in [4.69, 9.17) is 11.6 Å². The maximum absolute atomic E-state index is 11.2. The summed E-state index contributed by atoms with van der Waals surface area (Å²) in [5, 5.41) is 14.9. The van der Waals surface area contributed by atoms with Gasteiger partial charge >= 0.3 is 0 Å². The molecule has 4 nitrogen and oxygen atoms in total. The standard InChI is InChI=1S/C15H21ClN2O2/c1-10-3-6-14(17-2)12(7-10)8-11-4-5-13(16)9-15(11)18(19)20/h4-5,9-10,12,14,17H,3,6-8H2,1-2H3. The van der Waals surface area contributed by atoms with Crippen molar-refractivity contribution < 1.29 is 4.92 Å². The molecule has 0 aliphatic heterocycles. The van der Waals surface area contributed by atoms with Gasteiger partial charge in [0, 0.05) is 22.7 Å². The highest BCUT2D eigenvalue weighted by Crippen LogP contribution is 2.34. The number of nitro benzene ring substituents is 1. The third-order valence-corrected chi connectivity index (χ3v) is 4.58. The molecule has 0 aromatic heterocycles. The molecule has 1 aliphatic rings. The van der Waals surface area contributed by atoms with Gasteiger partial charge in [-0.15, -0.1) is 0 Å². The Morgan fingerprint density at radius 3 is 2.85 bits per heavy atom. The largest absolute Gasteiger partial charge is 0.317 e. The summed E-state index contributed by atoms with van der Waals surface area (Å²) in [6.07, 6.45) is 4.23.